The lowest BCUT2D eigenvalue weighted by Crippen LogP contribution is -2.12. The molecule has 4 rings (SSSR count). The Bertz CT molecular complexity index is 1100. The fourth-order valence-electron chi connectivity index (χ4n) is 2.63. The third-order valence-corrected chi connectivity index (χ3v) is 4.88. The van der Waals surface area contributed by atoms with Crippen LogP contribution >= 0.6 is 11.3 Å². The van der Waals surface area contributed by atoms with Crippen molar-refractivity contribution >= 4 is 28.7 Å². The molecule has 7 nitrogen and oxygen atoms in total. The Morgan fingerprint density at radius 1 is 1.14 bits per heavy atom. The average molecular weight is 391 g/mol. The van der Waals surface area contributed by atoms with Crippen LogP contribution in [0.1, 0.15) is 10.5 Å². The van der Waals surface area contributed by atoms with Gasteiger partial charge in [-0.25, -0.2) is 4.98 Å². The minimum atomic E-state index is -0.283. The average Bonchev–Trinajstić information content (AvgIpc) is 3.36. The Hall–Kier alpha value is -3.65. The third kappa shape index (κ3) is 3.58. The Morgan fingerprint density at radius 2 is 1.89 bits per heavy atom. The number of carbonyl (C=O) groups excluding carboxylic acids is 1. The number of carbonyl (C=O) groups is 1. The maximum Gasteiger partial charge on any atom is 0.275 e. The van der Waals surface area contributed by atoms with Crippen LogP contribution in [-0.4, -0.2) is 27.8 Å². The molecule has 0 fully saturated rings. The third-order valence-electron chi connectivity index (χ3n) is 4.06. The van der Waals surface area contributed by atoms with E-state index >= 15 is 0 Å². The second kappa shape index (κ2) is 7.53. The summed E-state index contributed by atoms with van der Waals surface area (Å²) in [6.07, 6.45) is 0. The van der Waals surface area contributed by atoms with Gasteiger partial charge in [0.25, 0.3) is 5.91 Å². The minimum Gasteiger partial charge on any atom is -0.497 e. The number of hydrogen-bond donors (Lipinski definition) is 2. The van der Waals surface area contributed by atoms with Crippen LogP contribution in [0.5, 0.6) is 5.75 Å². The lowest BCUT2D eigenvalue weighted by Gasteiger charge is -2.02. The predicted octanol–water partition coefficient (Wildman–Crippen LogP) is 3.84. The standard InChI is InChI=1S/C20H17N5O2S/c1-27-15-9-7-13(8-10-15)16-11-18(21)25(24-16)20-23-17(12-28-20)19(26)22-14-5-3-2-4-6-14/h2-12H,21H2,1H3,(H,22,26). The van der Waals surface area contributed by atoms with Crippen molar-refractivity contribution in [3.05, 3.63) is 71.7 Å². The Labute approximate surface area is 165 Å². The van der Waals surface area contributed by atoms with E-state index in [4.69, 9.17) is 10.5 Å². The summed E-state index contributed by atoms with van der Waals surface area (Å²) in [5, 5.41) is 9.55. The van der Waals surface area contributed by atoms with Crippen LogP contribution in [0, 0.1) is 0 Å². The van der Waals surface area contributed by atoms with E-state index in [2.05, 4.69) is 15.4 Å². The fraction of sp³-hybridized carbons (Fsp3) is 0.0500. The van der Waals surface area contributed by atoms with Gasteiger partial charge in [-0.2, -0.15) is 9.78 Å². The molecule has 2 aromatic carbocycles. The molecule has 140 valence electrons. The highest BCUT2D eigenvalue weighted by atomic mass is 32.1. The molecule has 0 aliphatic carbocycles. The van der Waals surface area contributed by atoms with Gasteiger partial charge in [0.05, 0.1) is 12.8 Å². The van der Waals surface area contributed by atoms with E-state index < -0.39 is 0 Å². The molecule has 0 radical (unpaired) electrons. The van der Waals surface area contributed by atoms with E-state index in [0.717, 1.165) is 11.3 Å². The van der Waals surface area contributed by atoms with Crippen molar-refractivity contribution in [3.8, 4) is 22.1 Å². The number of rotatable bonds is 5. The first-order valence-corrected chi connectivity index (χ1v) is 9.34. The van der Waals surface area contributed by atoms with Gasteiger partial charge in [0.1, 0.15) is 17.3 Å². The van der Waals surface area contributed by atoms with Gasteiger partial charge >= 0.3 is 0 Å². The van der Waals surface area contributed by atoms with Gasteiger partial charge in [0.2, 0.25) is 5.13 Å². The van der Waals surface area contributed by atoms with Gasteiger partial charge in [0, 0.05) is 22.7 Å². The summed E-state index contributed by atoms with van der Waals surface area (Å²) in [5.74, 6) is 0.926. The van der Waals surface area contributed by atoms with E-state index in [9.17, 15) is 4.79 Å². The number of nitrogen functional groups attached to an aromatic ring is 1. The van der Waals surface area contributed by atoms with Crippen LogP contribution in [-0.2, 0) is 0 Å². The van der Waals surface area contributed by atoms with Crippen molar-refractivity contribution in [2.75, 3.05) is 18.2 Å². The van der Waals surface area contributed by atoms with Gasteiger partial charge in [0.15, 0.2) is 0 Å². The number of aromatic nitrogens is 3. The van der Waals surface area contributed by atoms with E-state index in [1.807, 2.05) is 54.6 Å². The van der Waals surface area contributed by atoms with E-state index in [0.29, 0.717) is 28.0 Å². The molecule has 0 unspecified atom stereocenters. The zero-order valence-electron chi connectivity index (χ0n) is 15.0. The number of thiazole rings is 1. The molecule has 0 atom stereocenters. The molecule has 0 aliphatic heterocycles. The zero-order valence-corrected chi connectivity index (χ0v) is 15.8. The summed E-state index contributed by atoms with van der Waals surface area (Å²) in [6, 6.07) is 18.5. The van der Waals surface area contributed by atoms with Gasteiger partial charge in [-0.3, -0.25) is 4.79 Å². The highest BCUT2D eigenvalue weighted by Gasteiger charge is 2.15. The van der Waals surface area contributed by atoms with Crippen molar-refractivity contribution in [3.63, 3.8) is 0 Å². The van der Waals surface area contributed by atoms with Crippen molar-refractivity contribution in [1.29, 1.82) is 0 Å². The summed E-state index contributed by atoms with van der Waals surface area (Å²) >= 11 is 1.30. The second-order valence-corrected chi connectivity index (χ2v) is 6.77. The van der Waals surface area contributed by atoms with Crippen LogP contribution < -0.4 is 15.8 Å². The summed E-state index contributed by atoms with van der Waals surface area (Å²) in [6.45, 7) is 0. The minimum absolute atomic E-state index is 0.283. The summed E-state index contributed by atoms with van der Waals surface area (Å²) in [4.78, 5) is 16.8. The molecule has 8 heteroatoms. The molecule has 0 saturated heterocycles. The van der Waals surface area contributed by atoms with Gasteiger partial charge < -0.3 is 15.8 Å². The monoisotopic (exact) mass is 391 g/mol. The highest BCUT2D eigenvalue weighted by Crippen LogP contribution is 2.26. The van der Waals surface area contributed by atoms with Crippen LogP contribution in [0.2, 0.25) is 0 Å². The van der Waals surface area contributed by atoms with Crippen LogP contribution in [0.4, 0.5) is 11.5 Å². The van der Waals surface area contributed by atoms with Crippen molar-refractivity contribution in [2.24, 2.45) is 0 Å². The quantitative estimate of drug-likeness (QED) is 0.539. The molecule has 28 heavy (non-hydrogen) atoms. The summed E-state index contributed by atoms with van der Waals surface area (Å²) in [7, 11) is 1.62. The predicted molar refractivity (Wildman–Crippen MR) is 110 cm³/mol. The topological polar surface area (TPSA) is 95.1 Å². The number of nitrogens with two attached hydrogens (primary N) is 1. The number of hydrogen-bond acceptors (Lipinski definition) is 6. The van der Waals surface area contributed by atoms with E-state index in [1.165, 1.54) is 16.0 Å². The van der Waals surface area contributed by atoms with Crippen molar-refractivity contribution in [2.45, 2.75) is 0 Å². The molecule has 0 saturated carbocycles. The molecule has 0 bridgehead atoms. The number of methoxy groups -OCH3 is 1. The largest absolute Gasteiger partial charge is 0.497 e. The highest BCUT2D eigenvalue weighted by molar-refractivity contribution is 7.12. The molecular weight excluding hydrogens is 374 g/mol. The van der Waals surface area contributed by atoms with Crippen LogP contribution in [0.3, 0.4) is 0 Å². The molecule has 0 spiro atoms. The number of ether oxygens (including phenoxy) is 1. The number of nitrogens with one attached hydrogen (secondary N) is 1. The number of anilines is 2. The van der Waals surface area contributed by atoms with Crippen molar-refractivity contribution < 1.29 is 9.53 Å². The normalized spacial score (nSPS) is 10.6. The molecule has 2 aromatic heterocycles. The Kier molecular flexibility index (Phi) is 4.77. The maximum atomic E-state index is 12.4. The number of nitrogens with zero attached hydrogens (tertiary/aromatic N) is 3. The molecule has 3 N–H and O–H groups in total. The SMILES string of the molecule is COc1ccc(-c2cc(N)n(-c3nc(C(=O)Nc4ccccc4)cs3)n2)cc1. The molecular formula is C20H17N5O2S. The Morgan fingerprint density at radius 3 is 2.61 bits per heavy atom. The van der Waals surface area contributed by atoms with Gasteiger partial charge in [-0.15, -0.1) is 11.3 Å². The molecule has 0 aliphatic rings. The van der Waals surface area contributed by atoms with Gasteiger partial charge in [-0.1, -0.05) is 18.2 Å². The maximum absolute atomic E-state index is 12.4. The molecule has 4 aromatic rings. The first-order valence-electron chi connectivity index (χ1n) is 8.46. The van der Waals surface area contributed by atoms with E-state index in [-0.39, 0.29) is 5.91 Å². The molecule has 2 heterocycles. The number of para-hydroxylation sites is 1. The zero-order chi connectivity index (χ0) is 19.5. The summed E-state index contributed by atoms with van der Waals surface area (Å²) in [5.41, 5.74) is 8.76. The first-order chi connectivity index (χ1) is 13.6. The number of amides is 1. The lowest BCUT2D eigenvalue weighted by atomic mass is 10.1. The van der Waals surface area contributed by atoms with Crippen LogP contribution in [0.15, 0.2) is 66.0 Å². The second-order valence-electron chi connectivity index (χ2n) is 5.93. The van der Waals surface area contributed by atoms with Crippen LogP contribution in [0.25, 0.3) is 16.4 Å². The van der Waals surface area contributed by atoms with E-state index in [1.54, 1.807) is 18.6 Å². The number of benzene rings is 2. The van der Waals surface area contributed by atoms with Gasteiger partial charge in [-0.05, 0) is 36.4 Å². The smallest absolute Gasteiger partial charge is 0.275 e. The lowest BCUT2D eigenvalue weighted by molar-refractivity contribution is 0.102. The van der Waals surface area contributed by atoms with Crippen molar-refractivity contribution in [1.82, 2.24) is 14.8 Å². The fourth-order valence-corrected chi connectivity index (χ4v) is 3.41. The summed E-state index contributed by atoms with van der Waals surface area (Å²) < 4.78 is 6.71. The Balaban J connectivity index is 1.56. The molecule has 1 amide bonds. The first kappa shape index (κ1) is 17.7.